The Morgan fingerprint density at radius 3 is 3.00 bits per heavy atom. The van der Waals surface area contributed by atoms with E-state index in [2.05, 4.69) is 0 Å². The summed E-state index contributed by atoms with van der Waals surface area (Å²) in [4.78, 5) is 12.4. The maximum absolute atomic E-state index is 10.8. The molecular formula is C6H10ClNO2. The molecule has 0 aliphatic carbocycles. The van der Waals surface area contributed by atoms with E-state index in [1.54, 1.807) is 4.90 Å². The van der Waals surface area contributed by atoms with Crippen LogP contribution in [-0.2, 0) is 4.74 Å². The smallest absolute Gasteiger partial charge is 0.409 e. The highest BCUT2D eigenvalue weighted by Crippen LogP contribution is 2.06. The molecular weight excluding hydrogens is 154 g/mol. The van der Waals surface area contributed by atoms with E-state index < -0.39 is 0 Å². The average Bonchev–Trinajstić information content (AvgIpc) is 2.15. The predicted molar refractivity (Wildman–Crippen MR) is 38.2 cm³/mol. The molecule has 0 aromatic heterocycles. The van der Waals surface area contributed by atoms with Crippen LogP contribution in [0.25, 0.3) is 0 Å². The Balaban J connectivity index is 2.33. The molecule has 1 saturated heterocycles. The van der Waals surface area contributed by atoms with E-state index in [1.165, 1.54) is 0 Å². The lowest BCUT2D eigenvalue weighted by Gasteiger charge is -2.12. The van der Waals surface area contributed by atoms with E-state index in [1.807, 2.05) is 6.92 Å². The summed E-state index contributed by atoms with van der Waals surface area (Å²) in [5.74, 6) is 0. The predicted octanol–water partition coefficient (Wildman–Crippen LogP) is 1.07. The molecule has 58 valence electrons. The number of hydrogen-bond donors (Lipinski definition) is 0. The third-order valence-electron chi connectivity index (χ3n) is 1.32. The van der Waals surface area contributed by atoms with E-state index in [0.29, 0.717) is 19.7 Å². The Hall–Kier alpha value is -0.440. The van der Waals surface area contributed by atoms with Crippen molar-refractivity contribution in [2.45, 2.75) is 12.3 Å². The average molecular weight is 164 g/mol. The maximum atomic E-state index is 10.8. The molecule has 1 aliphatic heterocycles. The Morgan fingerprint density at radius 1 is 1.90 bits per heavy atom. The highest BCUT2D eigenvalue weighted by molar-refractivity contribution is 6.20. The third-order valence-corrected chi connectivity index (χ3v) is 1.45. The molecule has 0 unspecified atom stereocenters. The fraction of sp³-hybridized carbons (Fsp3) is 0.833. The zero-order valence-corrected chi connectivity index (χ0v) is 6.60. The van der Waals surface area contributed by atoms with Gasteiger partial charge in [0.15, 0.2) is 0 Å². The van der Waals surface area contributed by atoms with E-state index in [9.17, 15) is 4.79 Å². The molecule has 4 heteroatoms. The van der Waals surface area contributed by atoms with E-state index in [-0.39, 0.29) is 11.5 Å². The summed E-state index contributed by atoms with van der Waals surface area (Å²) in [5, 5.41) is 0.00523. The topological polar surface area (TPSA) is 29.5 Å². The van der Waals surface area contributed by atoms with Crippen molar-refractivity contribution in [2.24, 2.45) is 0 Å². The highest BCUT2D eigenvalue weighted by atomic mass is 35.5. The minimum Gasteiger partial charge on any atom is -0.448 e. The summed E-state index contributed by atoms with van der Waals surface area (Å²) < 4.78 is 4.69. The van der Waals surface area contributed by atoms with Gasteiger partial charge in [-0.3, -0.25) is 0 Å². The molecule has 0 spiro atoms. The molecule has 1 amide bonds. The molecule has 3 nitrogen and oxygen atoms in total. The molecule has 0 bridgehead atoms. The van der Waals surface area contributed by atoms with Crippen molar-refractivity contribution in [1.82, 2.24) is 4.90 Å². The van der Waals surface area contributed by atoms with Crippen molar-refractivity contribution >= 4 is 17.7 Å². The summed E-state index contributed by atoms with van der Waals surface area (Å²) in [5.41, 5.74) is 0. The Bertz CT molecular complexity index is 138. The van der Waals surface area contributed by atoms with Crippen molar-refractivity contribution in [3.8, 4) is 0 Å². The molecule has 0 aromatic carbocycles. The second-order valence-electron chi connectivity index (χ2n) is 2.34. The third kappa shape index (κ3) is 1.77. The van der Waals surface area contributed by atoms with Crippen LogP contribution in [0.4, 0.5) is 4.79 Å². The van der Waals surface area contributed by atoms with E-state index in [4.69, 9.17) is 16.3 Å². The van der Waals surface area contributed by atoms with Crippen molar-refractivity contribution in [1.29, 1.82) is 0 Å². The van der Waals surface area contributed by atoms with Gasteiger partial charge in [0.2, 0.25) is 0 Å². The summed E-state index contributed by atoms with van der Waals surface area (Å²) in [7, 11) is 0. The number of cyclic esters (lactones) is 1. The van der Waals surface area contributed by atoms with Gasteiger partial charge < -0.3 is 9.64 Å². The first kappa shape index (κ1) is 7.66. The standard InChI is InChI=1S/C6H10ClNO2/c1-5(7)4-8-2-3-10-6(8)9/h5H,2-4H2,1H3/t5-/m1/s1. The SMILES string of the molecule is C[C@@H](Cl)CN1CCOC1=O. The summed E-state index contributed by atoms with van der Waals surface area (Å²) in [6.45, 7) is 3.62. The minimum absolute atomic E-state index is 0.00523. The van der Waals surface area contributed by atoms with E-state index >= 15 is 0 Å². The van der Waals surface area contributed by atoms with Crippen LogP contribution in [0.1, 0.15) is 6.92 Å². The lowest BCUT2D eigenvalue weighted by molar-refractivity contribution is 0.158. The van der Waals surface area contributed by atoms with Gasteiger partial charge in [-0.2, -0.15) is 0 Å². The molecule has 1 aliphatic rings. The number of ether oxygens (including phenoxy) is 1. The van der Waals surface area contributed by atoms with Gasteiger partial charge in [0, 0.05) is 11.9 Å². The lowest BCUT2D eigenvalue weighted by atomic mass is 10.4. The number of nitrogens with zero attached hydrogens (tertiary/aromatic N) is 1. The van der Waals surface area contributed by atoms with Gasteiger partial charge >= 0.3 is 6.09 Å². The van der Waals surface area contributed by atoms with Crippen LogP contribution >= 0.6 is 11.6 Å². The fourth-order valence-corrected chi connectivity index (χ4v) is 1.06. The second kappa shape index (κ2) is 3.10. The summed E-state index contributed by atoms with van der Waals surface area (Å²) >= 11 is 5.67. The molecule has 1 rings (SSSR count). The van der Waals surface area contributed by atoms with Gasteiger partial charge in [0.1, 0.15) is 6.61 Å². The van der Waals surface area contributed by atoms with Crippen LogP contribution in [0.3, 0.4) is 0 Å². The Labute approximate surface area is 64.9 Å². The largest absolute Gasteiger partial charge is 0.448 e. The molecule has 1 atom stereocenters. The first-order valence-electron chi connectivity index (χ1n) is 3.26. The maximum Gasteiger partial charge on any atom is 0.409 e. The fourth-order valence-electron chi connectivity index (χ4n) is 0.895. The second-order valence-corrected chi connectivity index (χ2v) is 3.09. The first-order valence-corrected chi connectivity index (χ1v) is 3.69. The van der Waals surface area contributed by atoms with Crippen LogP contribution in [0.2, 0.25) is 0 Å². The lowest BCUT2D eigenvalue weighted by Crippen LogP contribution is -2.29. The molecule has 1 heterocycles. The number of carbonyl (C=O) groups excluding carboxylic acids is 1. The Morgan fingerprint density at radius 2 is 2.60 bits per heavy atom. The quantitative estimate of drug-likeness (QED) is 0.570. The number of carbonyl (C=O) groups is 1. The molecule has 0 N–H and O–H groups in total. The van der Waals surface area contributed by atoms with Crippen LogP contribution in [0.15, 0.2) is 0 Å². The van der Waals surface area contributed by atoms with Gasteiger partial charge in [-0.15, -0.1) is 11.6 Å². The van der Waals surface area contributed by atoms with Gasteiger partial charge in [-0.1, -0.05) is 0 Å². The van der Waals surface area contributed by atoms with Crippen molar-refractivity contribution in [3.63, 3.8) is 0 Å². The molecule has 1 fully saturated rings. The number of rotatable bonds is 2. The molecule has 10 heavy (non-hydrogen) atoms. The normalized spacial score (nSPS) is 21.0. The first-order chi connectivity index (χ1) is 4.70. The summed E-state index contributed by atoms with van der Waals surface area (Å²) in [6.07, 6.45) is -0.243. The molecule has 0 radical (unpaired) electrons. The van der Waals surface area contributed by atoms with Gasteiger partial charge in [0.05, 0.1) is 6.54 Å². The van der Waals surface area contributed by atoms with Crippen molar-refractivity contribution in [3.05, 3.63) is 0 Å². The van der Waals surface area contributed by atoms with Crippen molar-refractivity contribution < 1.29 is 9.53 Å². The van der Waals surface area contributed by atoms with Gasteiger partial charge in [-0.05, 0) is 6.92 Å². The zero-order valence-electron chi connectivity index (χ0n) is 5.84. The van der Waals surface area contributed by atoms with Crippen LogP contribution < -0.4 is 0 Å². The number of hydrogen-bond acceptors (Lipinski definition) is 2. The van der Waals surface area contributed by atoms with E-state index in [0.717, 1.165) is 0 Å². The minimum atomic E-state index is -0.243. The molecule has 0 aromatic rings. The number of alkyl halides is 1. The van der Waals surface area contributed by atoms with Crippen LogP contribution in [0.5, 0.6) is 0 Å². The zero-order chi connectivity index (χ0) is 7.56. The number of amides is 1. The van der Waals surface area contributed by atoms with Crippen LogP contribution in [-0.4, -0.2) is 36.1 Å². The van der Waals surface area contributed by atoms with Crippen molar-refractivity contribution in [2.75, 3.05) is 19.7 Å². The highest BCUT2D eigenvalue weighted by Gasteiger charge is 2.22. The van der Waals surface area contributed by atoms with Gasteiger partial charge in [0.25, 0.3) is 0 Å². The molecule has 0 saturated carbocycles. The summed E-state index contributed by atoms with van der Waals surface area (Å²) in [6, 6.07) is 0. The van der Waals surface area contributed by atoms with Crippen LogP contribution in [0, 0.1) is 0 Å². The Kier molecular flexibility index (Phi) is 2.38. The monoisotopic (exact) mass is 163 g/mol. The number of halogens is 1. The van der Waals surface area contributed by atoms with Gasteiger partial charge in [-0.25, -0.2) is 4.79 Å².